The molecule has 2 aliphatic carbocycles. The Balaban J connectivity index is 2.07. The van der Waals surface area contributed by atoms with E-state index in [9.17, 15) is 0 Å². The van der Waals surface area contributed by atoms with Crippen LogP contribution >= 0.6 is 12.6 Å². The van der Waals surface area contributed by atoms with Crippen LogP contribution in [0.2, 0.25) is 0 Å². The summed E-state index contributed by atoms with van der Waals surface area (Å²) in [6.07, 6.45) is 10.0. The molecule has 0 heterocycles. The molecule has 0 aromatic carbocycles. The largest absolute Gasteiger partial charge is 0.172 e. The van der Waals surface area contributed by atoms with Crippen molar-refractivity contribution in [3.05, 3.63) is 0 Å². The molecule has 0 nitrogen and oxygen atoms in total. The van der Waals surface area contributed by atoms with Crippen LogP contribution < -0.4 is 0 Å². The molecule has 0 aliphatic heterocycles. The third kappa shape index (κ3) is 1.20. The Hall–Kier alpha value is 0.350. The molecule has 0 radical (unpaired) electrons. The van der Waals surface area contributed by atoms with Crippen LogP contribution in [0.25, 0.3) is 0 Å². The summed E-state index contributed by atoms with van der Waals surface area (Å²) < 4.78 is 0.473. The van der Waals surface area contributed by atoms with Gasteiger partial charge in [0.1, 0.15) is 0 Å². The second-order valence-electron chi connectivity index (χ2n) is 4.08. The summed E-state index contributed by atoms with van der Waals surface area (Å²) in [6.45, 7) is 0. The molecule has 0 aromatic rings. The van der Waals surface area contributed by atoms with E-state index in [2.05, 4.69) is 0 Å². The first-order valence-electron chi connectivity index (χ1n) is 4.51. The molecule has 1 heteroatoms. The molecule has 58 valence electrons. The summed E-state index contributed by atoms with van der Waals surface area (Å²) in [4.78, 5) is 0. The number of thiol groups is 1. The third-order valence-electron chi connectivity index (χ3n) is 3.18. The lowest BCUT2D eigenvalue weighted by molar-refractivity contribution is 0.219. The van der Waals surface area contributed by atoms with Gasteiger partial charge in [-0.1, -0.05) is 25.7 Å². The average molecular weight is 156 g/mol. The van der Waals surface area contributed by atoms with Gasteiger partial charge in [0.05, 0.1) is 0 Å². The van der Waals surface area contributed by atoms with Gasteiger partial charge < -0.3 is 0 Å². The molecule has 0 N–H and O–H groups in total. The fourth-order valence-electron chi connectivity index (χ4n) is 2.65. The first kappa shape index (κ1) is 7.02. The zero-order valence-electron chi connectivity index (χ0n) is 6.47. The highest BCUT2D eigenvalue weighted by atomic mass is 32.1. The Labute approximate surface area is 68.8 Å². The normalized spacial score (nSPS) is 47.1. The van der Waals surface area contributed by atoms with Gasteiger partial charge in [0, 0.05) is 4.75 Å². The standard InChI is InChI=1S/C9H16S/c10-9-5-1-3-8(7-9)4-2-6-9/h8,10H,1-7H2. The highest BCUT2D eigenvalue weighted by Gasteiger charge is 2.35. The van der Waals surface area contributed by atoms with Gasteiger partial charge in [-0.05, 0) is 25.2 Å². The Kier molecular flexibility index (Phi) is 1.71. The molecule has 0 saturated heterocycles. The summed E-state index contributed by atoms with van der Waals surface area (Å²) in [7, 11) is 0. The number of rotatable bonds is 0. The third-order valence-corrected chi connectivity index (χ3v) is 3.81. The minimum Gasteiger partial charge on any atom is -0.172 e. The SMILES string of the molecule is SC12CCCC(CCC1)C2. The lowest BCUT2D eigenvalue weighted by atomic mass is 9.72. The van der Waals surface area contributed by atoms with Crippen molar-refractivity contribution in [3.63, 3.8) is 0 Å². The van der Waals surface area contributed by atoms with Gasteiger partial charge in [-0.3, -0.25) is 0 Å². The predicted molar refractivity (Wildman–Crippen MR) is 47.5 cm³/mol. The van der Waals surface area contributed by atoms with Gasteiger partial charge >= 0.3 is 0 Å². The maximum absolute atomic E-state index is 4.76. The van der Waals surface area contributed by atoms with E-state index in [1.807, 2.05) is 0 Å². The monoisotopic (exact) mass is 156 g/mol. The highest BCUT2D eigenvalue weighted by molar-refractivity contribution is 7.81. The second kappa shape index (κ2) is 2.44. The van der Waals surface area contributed by atoms with E-state index in [4.69, 9.17) is 12.6 Å². The molecule has 10 heavy (non-hydrogen) atoms. The molecule has 2 bridgehead atoms. The van der Waals surface area contributed by atoms with E-state index in [0.717, 1.165) is 5.92 Å². The first-order valence-corrected chi connectivity index (χ1v) is 4.96. The van der Waals surface area contributed by atoms with Crippen LogP contribution in [0.15, 0.2) is 0 Å². The maximum atomic E-state index is 4.76. The van der Waals surface area contributed by atoms with Crippen LogP contribution in [0.4, 0.5) is 0 Å². The number of fused-ring (bicyclic) bond motifs is 2. The van der Waals surface area contributed by atoms with Crippen LogP contribution in [-0.2, 0) is 0 Å². The maximum Gasteiger partial charge on any atom is 0.0132 e. The predicted octanol–water partition coefficient (Wildman–Crippen LogP) is 3.03. The van der Waals surface area contributed by atoms with Gasteiger partial charge in [0.15, 0.2) is 0 Å². The molecule has 2 rings (SSSR count). The van der Waals surface area contributed by atoms with Crippen LogP contribution in [0.3, 0.4) is 0 Å². The second-order valence-corrected chi connectivity index (χ2v) is 5.03. The van der Waals surface area contributed by atoms with Crippen LogP contribution in [-0.4, -0.2) is 4.75 Å². The topological polar surface area (TPSA) is 0 Å². The Morgan fingerprint density at radius 3 is 2.10 bits per heavy atom. The molecule has 0 amide bonds. The first-order chi connectivity index (χ1) is 4.79. The average Bonchev–Trinajstić information content (AvgIpc) is 1.86. The van der Waals surface area contributed by atoms with Gasteiger partial charge in [-0.15, -0.1) is 0 Å². The van der Waals surface area contributed by atoms with Gasteiger partial charge in [0.2, 0.25) is 0 Å². The minimum atomic E-state index is 0.473. The van der Waals surface area contributed by atoms with E-state index < -0.39 is 0 Å². The fraction of sp³-hybridized carbons (Fsp3) is 1.00. The van der Waals surface area contributed by atoms with Crippen LogP contribution in [0.1, 0.15) is 44.9 Å². The Bertz CT molecular complexity index is 121. The van der Waals surface area contributed by atoms with Crippen molar-refractivity contribution in [1.29, 1.82) is 0 Å². The molecule has 0 aromatic heterocycles. The van der Waals surface area contributed by atoms with Crippen molar-refractivity contribution in [1.82, 2.24) is 0 Å². The Morgan fingerprint density at radius 1 is 1.10 bits per heavy atom. The molecular formula is C9H16S. The number of hydrogen-bond acceptors (Lipinski definition) is 1. The summed E-state index contributed by atoms with van der Waals surface area (Å²) >= 11 is 4.76. The molecule has 2 fully saturated rings. The smallest absolute Gasteiger partial charge is 0.0132 e. The van der Waals surface area contributed by atoms with E-state index in [1.54, 1.807) is 0 Å². The van der Waals surface area contributed by atoms with Crippen molar-refractivity contribution in [2.75, 3.05) is 0 Å². The van der Waals surface area contributed by atoms with Gasteiger partial charge in [-0.2, -0.15) is 12.6 Å². The summed E-state index contributed by atoms with van der Waals surface area (Å²) in [5, 5.41) is 0. The van der Waals surface area contributed by atoms with Crippen molar-refractivity contribution in [2.45, 2.75) is 49.7 Å². The molecule has 0 spiro atoms. The van der Waals surface area contributed by atoms with Crippen molar-refractivity contribution >= 4 is 12.6 Å². The molecule has 0 unspecified atom stereocenters. The molecule has 0 atom stereocenters. The molecule has 2 saturated carbocycles. The van der Waals surface area contributed by atoms with E-state index in [0.29, 0.717) is 4.75 Å². The van der Waals surface area contributed by atoms with Crippen molar-refractivity contribution in [2.24, 2.45) is 5.92 Å². The zero-order valence-corrected chi connectivity index (χ0v) is 7.37. The summed E-state index contributed by atoms with van der Waals surface area (Å²) in [5.74, 6) is 1.04. The van der Waals surface area contributed by atoms with Crippen LogP contribution in [0.5, 0.6) is 0 Å². The van der Waals surface area contributed by atoms with Crippen molar-refractivity contribution < 1.29 is 0 Å². The molecular weight excluding hydrogens is 140 g/mol. The van der Waals surface area contributed by atoms with E-state index >= 15 is 0 Å². The summed E-state index contributed by atoms with van der Waals surface area (Å²) in [6, 6.07) is 0. The van der Waals surface area contributed by atoms with Crippen LogP contribution in [0, 0.1) is 5.92 Å². The minimum absolute atomic E-state index is 0.473. The zero-order chi connectivity index (χ0) is 7.03. The quantitative estimate of drug-likeness (QED) is 0.512. The van der Waals surface area contributed by atoms with E-state index in [-0.39, 0.29) is 0 Å². The van der Waals surface area contributed by atoms with Gasteiger partial charge in [0.25, 0.3) is 0 Å². The van der Waals surface area contributed by atoms with E-state index in [1.165, 1.54) is 44.9 Å². The fourth-order valence-corrected chi connectivity index (χ4v) is 3.23. The molecule has 2 aliphatic rings. The Morgan fingerprint density at radius 2 is 1.70 bits per heavy atom. The van der Waals surface area contributed by atoms with Crippen molar-refractivity contribution in [3.8, 4) is 0 Å². The summed E-state index contributed by atoms with van der Waals surface area (Å²) in [5.41, 5.74) is 0. The highest BCUT2D eigenvalue weighted by Crippen LogP contribution is 2.46. The van der Waals surface area contributed by atoms with Gasteiger partial charge in [-0.25, -0.2) is 0 Å². The number of hydrogen-bond donors (Lipinski definition) is 1. The lowest BCUT2D eigenvalue weighted by Crippen LogP contribution is -2.33. The lowest BCUT2D eigenvalue weighted by Gasteiger charge is -2.41.